The third-order valence-electron chi connectivity index (χ3n) is 2.51. The molecule has 0 saturated carbocycles. The highest BCUT2D eigenvalue weighted by Crippen LogP contribution is 2.24. The monoisotopic (exact) mass is 273 g/mol. The molecular weight excluding hydrogens is 262 g/mol. The summed E-state index contributed by atoms with van der Waals surface area (Å²) in [7, 11) is 0. The first-order chi connectivity index (χ1) is 9.11. The van der Waals surface area contributed by atoms with E-state index in [0.717, 1.165) is 17.0 Å². The first-order valence-electron chi connectivity index (χ1n) is 5.62. The molecule has 0 aromatic carbocycles. The van der Waals surface area contributed by atoms with E-state index in [-0.39, 0.29) is 0 Å². The van der Waals surface area contributed by atoms with E-state index in [4.69, 9.17) is 10.3 Å². The molecule has 19 heavy (non-hydrogen) atoms. The Hall–Kier alpha value is -2.28. The molecule has 7 heteroatoms. The van der Waals surface area contributed by atoms with Gasteiger partial charge < -0.3 is 10.3 Å². The molecule has 0 bridgehead atoms. The van der Waals surface area contributed by atoms with Gasteiger partial charge in [0.2, 0.25) is 5.82 Å². The van der Waals surface area contributed by atoms with E-state index in [9.17, 15) is 0 Å². The Bertz CT molecular complexity index is 713. The number of aryl methyl sites for hydroxylation is 2. The van der Waals surface area contributed by atoms with Crippen LogP contribution in [-0.4, -0.2) is 20.1 Å². The van der Waals surface area contributed by atoms with Gasteiger partial charge in [0.05, 0.1) is 0 Å². The van der Waals surface area contributed by atoms with E-state index >= 15 is 0 Å². The Morgan fingerprint density at radius 2 is 1.84 bits per heavy atom. The first-order valence-corrected chi connectivity index (χ1v) is 6.50. The predicted octanol–water partition coefficient (Wildman–Crippen LogP) is 2.45. The van der Waals surface area contributed by atoms with Crippen LogP contribution in [0.1, 0.15) is 11.4 Å². The molecule has 96 valence electrons. The van der Waals surface area contributed by atoms with E-state index < -0.39 is 0 Å². The molecule has 0 saturated heterocycles. The van der Waals surface area contributed by atoms with Crippen LogP contribution in [0.3, 0.4) is 0 Å². The molecule has 0 atom stereocenters. The second-order valence-corrected chi connectivity index (χ2v) is 5.02. The number of hydrogen-bond acceptors (Lipinski definition) is 7. The standard InChI is InChI=1S/C12H11N5OS/c1-6-3-8(4-7(2)14-6)10-16-11(18-17-10)9-5-19-12(13)15-9/h3-5H,1-2H3,(H2,13,15). The second-order valence-electron chi connectivity index (χ2n) is 4.13. The fourth-order valence-corrected chi connectivity index (χ4v) is 2.33. The van der Waals surface area contributed by atoms with Crippen molar-refractivity contribution in [2.24, 2.45) is 0 Å². The average molecular weight is 273 g/mol. The number of nitrogens with zero attached hydrogens (tertiary/aromatic N) is 4. The number of hydrogen-bond donors (Lipinski definition) is 1. The van der Waals surface area contributed by atoms with Gasteiger partial charge in [-0.25, -0.2) is 4.98 Å². The highest BCUT2D eigenvalue weighted by atomic mass is 32.1. The van der Waals surface area contributed by atoms with Crippen molar-refractivity contribution < 1.29 is 4.52 Å². The summed E-state index contributed by atoms with van der Waals surface area (Å²) in [4.78, 5) is 12.8. The maximum atomic E-state index is 5.58. The zero-order valence-corrected chi connectivity index (χ0v) is 11.2. The average Bonchev–Trinajstić information content (AvgIpc) is 2.95. The van der Waals surface area contributed by atoms with E-state index in [1.54, 1.807) is 5.38 Å². The van der Waals surface area contributed by atoms with Gasteiger partial charge in [-0.2, -0.15) is 4.98 Å². The Balaban J connectivity index is 2.01. The van der Waals surface area contributed by atoms with E-state index in [0.29, 0.717) is 22.5 Å². The lowest BCUT2D eigenvalue weighted by atomic mass is 10.2. The van der Waals surface area contributed by atoms with Crippen LogP contribution in [0.25, 0.3) is 23.0 Å². The van der Waals surface area contributed by atoms with Crippen LogP contribution in [0.5, 0.6) is 0 Å². The molecule has 0 radical (unpaired) electrons. The summed E-state index contributed by atoms with van der Waals surface area (Å²) in [5, 5.41) is 6.23. The summed E-state index contributed by atoms with van der Waals surface area (Å²) in [5.74, 6) is 0.894. The Kier molecular flexibility index (Phi) is 2.75. The summed E-state index contributed by atoms with van der Waals surface area (Å²) in [6, 6.07) is 3.83. The largest absolute Gasteiger partial charge is 0.375 e. The molecule has 0 fully saturated rings. The molecule has 3 aromatic rings. The number of thiazole rings is 1. The summed E-state index contributed by atoms with van der Waals surface area (Å²) in [6.07, 6.45) is 0. The van der Waals surface area contributed by atoms with Crippen molar-refractivity contribution in [1.82, 2.24) is 20.1 Å². The summed E-state index contributed by atoms with van der Waals surface area (Å²) in [5.41, 5.74) is 8.89. The fraction of sp³-hybridized carbons (Fsp3) is 0.167. The number of anilines is 1. The molecule has 0 aliphatic rings. The van der Waals surface area contributed by atoms with Gasteiger partial charge in [0.25, 0.3) is 5.89 Å². The SMILES string of the molecule is Cc1cc(-c2noc(-c3csc(N)n3)n2)cc(C)n1. The van der Waals surface area contributed by atoms with E-state index in [1.807, 2.05) is 26.0 Å². The zero-order valence-electron chi connectivity index (χ0n) is 10.4. The van der Waals surface area contributed by atoms with Gasteiger partial charge >= 0.3 is 0 Å². The van der Waals surface area contributed by atoms with Crippen molar-refractivity contribution in [3.63, 3.8) is 0 Å². The van der Waals surface area contributed by atoms with Crippen LogP contribution < -0.4 is 5.73 Å². The Morgan fingerprint density at radius 3 is 2.47 bits per heavy atom. The third-order valence-corrected chi connectivity index (χ3v) is 3.18. The summed E-state index contributed by atoms with van der Waals surface area (Å²) < 4.78 is 5.21. The summed E-state index contributed by atoms with van der Waals surface area (Å²) >= 11 is 1.34. The first kappa shape index (κ1) is 11.8. The van der Waals surface area contributed by atoms with Crippen molar-refractivity contribution in [2.75, 3.05) is 5.73 Å². The van der Waals surface area contributed by atoms with Crippen molar-refractivity contribution in [1.29, 1.82) is 0 Å². The Morgan fingerprint density at radius 1 is 1.11 bits per heavy atom. The topological polar surface area (TPSA) is 90.7 Å². The smallest absolute Gasteiger partial charge is 0.277 e. The van der Waals surface area contributed by atoms with Gasteiger partial charge in [0, 0.05) is 22.3 Å². The van der Waals surface area contributed by atoms with E-state index in [1.165, 1.54) is 11.3 Å². The zero-order chi connectivity index (χ0) is 13.4. The van der Waals surface area contributed by atoms with E-state index in [2.05, 4.69) is 20.1 Å². The molecule has 6 nitrogen and oxygen atoms in total. The molecule has 3 heterocycles. The number of rotatable bonds is 2. The minimum Gasteiger partial charge on any atom is -0.375 e. The highest BCUT2D eigenvalue weighted by Gasteiger charge is 2.13. The predicted molar refractivity (Wildman–Crippen MR) is 72.5 cm³/mol. The van der Waals surface area contributed by atoms with Gasteiger partial charge in [-0.15, -0.1) is 11.3 Å². The number of pyridine rings is 1. The number of nitrogen functional groups attached to an aromatic ring is 1. The summed E-state index contributed by atoms with van der Waals surface area (Å²) in [6.45, 7) is 3.86. The van der Waals surface area contributed by atoms with Crippen LogP contribution in [-0.2, 0) is 0 Å². The molecular formula is C12H11N5OS. The van der Waals surface area contributed by atoms with Gasteiger partial charge in [-0.1, -0.05) is 5.16 Å². The molecule has 0 amide bonds. The van der Waals surface area contributed by atoms with Crippen LogP contribution in [0.2, 0.25) is 0 Å². The molecule has 3 rings (SSSR count). The maximum Gasteiger partial charge on any atom is 0.277 e. The molecule has 0 unspecified atom stereocenters. The van der Waals surface area contributed by atoms with Gasteiger partial charge in [0.1, 0.15) is 5.69 Å². The molecule has 0 aliphatic carbocycles. The normalized spacial score (nSPS) is 10.8. The second kappa shape index (κ2) is 4.43. The number of nitrogens with two attached hydrogens (primary N) is 1. The van der Waals surface area contributed by atoms with Crippen molar-refractivity contribution >= 4 is 16.5 Å². The molecule has 0 aliphatic heterocycles. The van der Waals surface area contributed by atoms with Crippen LogP contribution >= 0.6 is 11.3 Å². The van der Waals surface area contributed by atoms with Crippen LogP contribution in [0.4, 0.5) is 5.13 Å². The van der Waals surface area contributed by atoms with Crippen LogP contribution in [0.15, 0.2) is 22.0 Å². The van der Waals surface area contributed by atoms with Crippen molar-refractivity contribution in [2.45, 2.75) is 13.8 Å². The van der Waals surface area contributed by atoms with Crippen molar-refractivity contribution in [3.8, 4) is 23.0 Å². The molecule has 2 N–H and O–H groups in total. The minimum absolute atomic E-state index is 0.370. The minimum atomic E-state index is 0.370. The lowest BCUT2D eigenvalue weighted by Crippen LogP contribution is -1.89. The molecule has 3 aromatic heterocycles. The lowest BCUT2D eigenvalue weighted by Gasteiger charge is -1.98. The van der Waals surface area contributed by atoms with Crippen LogP contribution in [0, 0.1) is 13.8 Å². The van der Waals surface area contributed by atoms with Gasteiger partial charge in [0.15, 0.2) is 5.13 Å². The van der Waals surface area contributed by atoms with Crippen molar-refractivity contribution in [3.05, 3.63) is 28.9 Å². The fourth-order valence-electron chi connectivity index (χ4n) is 1.79. The lowest BCUT2D eigenvalue weighted by molar-refractivity contribution is 0.431. The highest BCUT2D eigenvalue weighted by molar-refractivity contribution is 7.13. The van der Waals surface area contributed by atoms with Gasteiger partial charge in [-0.05, 0) is 26.0 Å². The van der Waals surface area contributed by atoms with Gasteiger partial charge in [-0.3, -0.25) is 4.98 Å². The quantitative estimate of drug-likeness (QED) is 0.771. The maximum absolute atomic E-state index is 5.58. The Labute approximate surface area is 113 Å². The number of aromatic nitrogens is 4. The molecule has 0 spiro atoms. The third kappa shape index (κ3) is 2.32.